The third-order valence-corrected chi connectivity index (χ3v) is 3.30. The lowest BCUT2D eigenvalue weighted by atomic mass is 10.3. The highest BCUT2D eigenvalue weighted by Gasteiger charge is 2.15. The lowest BCUT2D eigenvalue weighted by molar-refractivity contribution is 0.0768. The Bertz CT molecular complexity index is 327. The van der Waals surface area contributed by atoms with E-state index in [1.165, 1.54) is 11.3 Å². The number of thiophene rings is 1. The van der Waals surface area contributed by atoms with Crippen LogP contribution >= 0.6 is 22.9 Å². The summed E-state index contributed by atoms with van der Waals surface area (Å²) >= 11 is 7.10. The Balaban J connectivity index is 2.64. The zero-order valence-electron chi connectivity index (χ0n) is 8.70. The molecule has 15 heavy (non-hydrogen) atoms. The summed E-state index contributed by atoms with van der Waals surface area (Å²) in [6.07, 6.45) is 0.832. The van der Waals surface area contributed by atoms with Gasteiger partial charge in [0.25, 0.3) is 5.91 Å². The number of hydrogen-bond acceptors (Lipinski definition) is 3. The summed E-state index contributed by atoms with van der Waals surface area (Å²) < 4.78 is 0.647. The Morgan fingerprint density at radius 1 is 1.60 bits per heavy atom. The average molecular weight is 247 g/mol. The molecule has 2 N–H and O–H groups in total. The van der Waals surface area contributed by atoms with Gasteiger partial charge in [-0.3, -0.25) is 4.79 Å². The maximum atomic E-state index is 11.9. The summed E-state index contributed by atoms with van der Waals surface area (Å²) in [6, 6.07) is 3.51. The van der Waals surface area contributed by atoms with Gasteiger partial charge in [-0.2, -0.15) is 0 Å². The van der Waals surface area contributed by atoms with Crippen LogP contribution in [0.5, 0.6) is 0 Å². The number of nitrogens with zero attached hydrogens (tertiary/aromatic N) is 1. The molecule has 84 valence electrons. The number of amides is 1. The van der Waals surface area contributed by atoms with Gasteiger partial charge in [0.15, 0.2) is 0 Å². The van der Waals surface area contributed by atoms with Crippen LogP contribution in [0, 0.1) is 0 Å². The van der Waals surface area contributed by atoms with Crippen LogP contribution in [-0.4, -0.2) is 30.4 Å². The monoisotopic (exact) mass is 246 g/mol. The highest BCUT2D eigenvalue weighted by Crippen LogP contribution is 2.22. The largest absolute Gasteiger partial charge is 0.338 e. The summed E-state index contributed by atoms with van der Waals surface area (Å²) in [5, 5.41) is 0. The predicted octanol–water partition coefficient (Wildman–Crippen LogP) is 2.21. The van der Waals surface area contributed by atoms with Crippen molar-refractivity contribution < 1.29 is 4.79 Å². The predicted molar refractivity (Wildman–Crippen MR) is 64.6 cm³/mol. The minimum atomic E-state index is 0.0443. The first kappa shape index (κ1) is 12.5. The molecular weight excluding hydrogens is 232 g/mol. The smallest absolute Gasteiger partial charge is 0.263 e. The molecular formula is C10H15ClN2OS. The second-order valence-corrected chi connectivity index (χ2v) is 4.85. The van der Waals surface area contributed by atoms with Crippen molar-refractivity contribution in [3.63, 3.8) is 0 Å². The van der Waals surface area contributed by atoms with E-state index in [4.69, 9.17) is 17.3 Å². The molecule has 0 radical (unpaired) electrons. The summed E-state index contributed by atoms with van der Waals surface area (Å²) in [5.41, 5.74) is 5.42. The van der Waals surface area contributed by atoms with Gasteiger partial charge in [-0.15, -0.1) is 11.3 Å². The van der Waals surface area contributed by atoms with Crippen LogP contribution in [0.1, 0.15) is 23.0 Å². The number of carbonyl (C=O) groups is 1. The fourth-order valence-electron chi connectivity index (χ4n) is 1.27. The van der Waals surface area contributed by atoms with E-state index in [-0.39, 0.29) is 5.91 Å². The topological polar surface area (TPSA) is 46.3 Å². The molecule has 1 aromatic rings. The molecule has 5 heteroatoms. The number of carbonyl (C=O) groups excluding carboxylic acids is 1. The maximum Gasteiger partial charge on any atom is 0.263 e. The van der Waals surface area contributed by atoms with Crippen molar-refractivity contribution in [2.75, 3.05) is 19.6 Å². The number of hydrogen-bond donors (Lipinski definition) is 1. The van der Waals surface area contributed by atoms with Crippen LogP contribution in [0.2, 0.25) is 4.34 Å². The van der Waals surface area contributed by atoms with Crippen molar-refractivity contribution in [3.05, 3.63) is 21.3 Å². The lowest BCUT2D eigenvalue weighted by Crippen LogP contribution is -2.32. The Labute approximate surface area is 98.8 Å². The Kier molecular flexibility index (Phi) is 5.08. The van der Waals surface area contributed by atoms with E-state index < -0.39 is 0 Å². The molecule has 0 spiro atoms. The highest BCUT2D eigenvalue weighted by atomic mass is 35.5. The van der Waals surface area contributed by atoms with E-state index in [9.17, 15) is 4.79 Å². The van der Waals surface area contributed by atoms with E-state index in [0.717, 1.165) is 6.42 Å². The number of rotatable bonds is 5. The van der Waals surface area contributed by atoms with Gasteiger partial charge in [0.2, 0.25) is 0 Å². The van der Waals surface area contributed by atoms with Gasteiger partial charge >= 0.3 is 0 Å². The third kappa shape index (κ3) is 3.48. The first-order valence-electron chi connectivity index (χ1n) is 4.93. The van der Waals surface area contributed by atoms with Crippen molar-refractivity contribution in [1.82, 2.24) is 4.90 Å². The Hall–Kier alpha value is -0.580. The summed E-state index contributed by atoms with van der Waals surface area (Å²) in [7, 11) is 0. The minimum absolute atomic E-state index is 0.0443. The maximum absolute atomic E-state index is 11.9. The molecule has 0 aliphatic heterocycles. The Morgan fingerprint density at radius 3 is 2.80 bits per heavy atom. The molecule has 1 heterocycles. The molecule has 1 rings (SSSR count). The van der Waals surface area contributed by atoms with Crippen LogP contribution < -0.4 is 5.73 Å². The fraction of sp³-hybridized carbons (Fsp3) is 0.500. The average Bonchev–Trinajstić information content (AvgIpc) is 2.65. The summed E-state index contributed by atoms with van der Waals surface area (Å²) in [6.45, 7) is 3.98. The molecule has 0 aliphatic carbocycles. The van der Waals surface area contributed by atoms with Gasteiger partial charge in [-0.1, -0.05) is 11.6 Å². The second kappa shape index (κ2) is 6.10. The summed E-state index contributed by atoms with van der Waals surface area (Å²) in [5.74, 6) is 0.0443. The van der Waals surface area contributed by atoms with Crippen molar-refractivity contribution in [2.45, 2.75) is 13.3 Å². The van der Waals surface area contributed by atoms with Crippen molar-refractivity contribution >= 4 is 28.8 Å². The molecule has 0 aliphatic rings. The van der Waals surface area contributed by atoms with Crippen LogP contribution in [-0.2, 0) is 0 Å². The quantitative estimate of drug-likeness (QED) is 0.866. The molecule has 0 saturated carbocycles. The zero-order chi connectivity index (χ0) is 11.3. The van der Waals surface area contributed by atoms with Gasteiger partial charge in [-0.05, 0) is 32.0 Å². The van der Waals surface area contributed by atoms with E-state index >= 15 is 0 Å². The molecule has 0 saturated heterocycles. The van der Waals surface area contributed by atoms with Crippen LogP contribution in [0.4, 0.5) is 0 Å². The zero-order valence-corrected chi connectivity index (χ0v) is 10.3. The number of nitrogens with two attached hydrogens (primary N) is 1. The highest BCUT2D eigenvalue weighted by molar-refractivity contribution is 7.17. The molecule has 3 nitrogen and oxygen atoms in total. The van der Waals surface area contributed by atoms with Gasteiger partial charge in [0, 0.05) is 13.1 Å². The van der Waals surface area contributed by atoms with Gasteiger partial charge in [0.05, 0.1) is 9.21 Å². The second-order valence-electron chi connectivity index (χ2n) is 3.13. The molecule has 0 bridgehead atoms. The SMILES string of the molecule is CCN(CCCN)C(=O)c1ccc(Cl)s1. The molecule has 1 amide bonds. The fourth-order valence-corrected chi connectivity index (χ4v) is 2.28. The van der Waals surface area contributed by atoms with Crippen LogP contribution in [0.15, 0.2) is 12.1 Å². The van der Waals surface area contributed by atoms with Crippen LogP contribution in [0.3, 0.4) is 0 Å². The van der Waals surface area contributed by atoms with E-state index in [2.05, 4.69) is 0 Å². The molecule has 1 aromatic heterocycles. The normalized spacial score (nSPS) is 10.3. The molecule has 0 unspecified atom stereocenters. The van der Waals surface area contributed by atoms with E-state index in [0.29, 0.717) is 28.8 Å². The van der Waals surface area contributed by atoms with Crippen molar-refractivity contribution in [2.24, 2.45) is 5.73 Å². The standard InChI is InChI=1S/C10H15ClN2OS/c1-2-13(7-3-6-12)10(14)8-4-5-9(11)15-8/h4-5H,2-3,6-7,12H2,1H3. The molecule has 0 aromatic carbocycles. The lowest BCUT2D eigenvalue weighted by Gasteiger charge is -2.19. The first-order chi connectivity index (χ1) is 7.19. The van der Waals surface area contributed by atoms with Gasteiger partial charge in [0.1, 0.15) is 0 Å². The summed E-state index contributed by atoms with van der Waals surface area (Å²) in [4.78, 5) is 14.4. The number of halogens is 1. The van der Waals surface area contributed by atoms with Gasteiger partial charge < -0.3 is 10.6 Å². The third-order valence-electron chi connectivity index (χ3n) is 2.09. The van der Waals surface area contributed by atoms with Gasteiger partial charge in [-0.25, -0.2) is 0 Å². The van der Waals surface area contributed by atoms with E-state index in [1.807, 2.05) is 6.92 Å². The molecule has 0 fully saturated rings. The minimum Gasteiger partial charge on any atom is -0.338 e. The van der Waals surface area contributed by atoms with Crippen molar-refractivity contribution in [3.8, 4) is 0 Å². The molecule has 0 atom stereocenters. The Morgan fingerprint density at radius 2 is 2.33 bits per heavy atom. The van der Waals surface area contributed by atoms with Crippen LogP contribution in [0.25, 0.3) is 0 Å². The van der Waals surface area contributed by atoms with E-state index in [1.54, 1.807) is 17.0 Å². The first-order valence-corrected chi connectivity index (χ1v) is 6.13. The van der Waals surface area contributed by atoms with Crippen molar-refractivity contribution in [1.29, 1.82) is 0 Å².